The highest BCUT2D eigenvalue weighted by atomic mass is 16.5. The van der Waals surface area contributed by atoms with E-state index in [-0.39, 0.29) is 17.9 Å². The molecule has 3 unspecified atom stereocenters. The fraction of sp³-hybridized carbons (Fsp3) is 0.875. The maximum Gasteiger partial charge on any atom is 0.246 e. The molecule has 0 aromatic carbocycles. The summed E-state index contributed by atoms with van der Waals surface area (Å²) in [4.78, 5) is 27.1. The minimum atomic E-state index is -0.753. The van der Waals surface area contributed by atoms with Gasteiger partial charge in [-0.25, -0.2) is 0 Å². The van der Waals surface area contributed by atoms with E-state index in [1.54, 1.807) is 4.90 Å². The van der Waals surface area contributed by atoms with Gasteiger partial charge in [-0.15, -0.1) is 0 Å². The third-order valence-electron chi connectivity index (χ3n) is 4.76. The molecule has 2 rings (SSSR count). The van der Waals surface area contributed by atoms with E-state index >= 15 is 0 Å². The summed E-state index contributed by atoms with van der Waals surface area (Å²) in [5.41, 5.74) is -0.753. The summed E-state index contributed by atoms with van der Waals surface area (Å²) in [5.74, 6) is 0.381. The van der Waals surface area contributed by atoms with Crippen LogP contribution in [0.3, 0.4) is 0 Å². The van der Waals surface area contributed by atoms with E-state index in [0.29, 0.717) is 25.3 Å². The Morgan fingerprint density at radius 3 is 2.67 bits per heavy atom. The average Bonchev–Trinajstić information content (AvgIpc) is 2.93. The monoisotopic (exact) mass is 296 g/mol. The minimum Gasteiger partial charge on any atom is -0.376 e. The number of carbonyl (C=O) groups excluding carboxylic acids is 2. The van der Waals surface area contributed by atoms with Gasteiger partial charge < -0.3 is 15.0 Å². The van der Waals surface area contributed by atoms with E-state index in [4.69, 9.17) is 4.74 Å². The second kappa shape index (κ2) is 6.34. The Kier molecular flexibility index (Phi) is 4.91. The average molecular weight is 296 g/mol. The molecule has 2 aliphatic heterocycles. The quantitative estimate of drug-likeness (QED) is 0.840. The number of carbonyl (C=O) groups is 2. The Hall–Kier alpha value is -1.10. The van der Waals surface area contributed by atoms with Crippen LogP contribution in [0.15, 0.2) is 0 Å². The van der Waals surface area contributed by atoms with Crippen LogP contribution in [-0.4, -0.2) is 47.6 Å². The number of rotatable bonds is 5. The van der Waals surface area contributed by atoms with Gasteiger partial charge in [0.1, 0.15) is 11.6 Å². The summed E-state index contributed by atoms with van der Waals surface area (Å²) in [6, 6.07) is -0.390. The first-order valence-corrected chi connectivity index (χ1v) is 8.12. The van der Waals surface area contributed by atoms with Crippen LogP contribution < -0.4 is 5.32 Å². The Bertz CT molecular complexity index is 404. The van der Waals surface area contributed by atoms with Gasteiger partial charge in [-0.2, -0.15) is 0 Å². The molecule has 5 nitrogen and oxygen atoms in total. The molecule has 2 fully saturated rings. The van der Waals surface area contributed by atoms with Crippen molar-refractivity contribution in [1.82, 2.24) is 10.2 Å². The Balaban J connectivity index is 2.19. The molecule has 0 aliphatic carbocycles. The fourth-order valence-corrected chi connectivity index (χ4v) is 3.20. The van der Waals surface area contributed by atoms with Crippen LogP contribution in [0.25, 0.3) is 0 Å². The SMILES string of the molecule is CCC1(C)C(=O)NC(CC(C)C)C(=O)N1CC1CCCO1. The Morgan fingerprint density at radius 2 is 2.14 bits per heavy atom. The van der Waals surface area contributed by atoms with Crippen molar-refractivity contribution in [3.8, 4) is 0 Å². The maximum absolute atomic E-state index is 12.8. The number of nitrogens with one attached hydrogen (secondary N) is 1. The normalized spacial score (nSPS) is 33.7. The van der Waals surface area contributed by atoms with E-state index in [1.807, 2.05) is 13.8 Å². The number of hydrogen-bond acceptors (Lipinski definition) is 3. The molecule has 5 heteroatoms. The molecule has 2 heterocycles. The van der Waals surface area contributed by atoms with Gasteiger partial charge in [0.15, 0.2) is 0 Å². The van der Waals surface area contributed by atoms with Gasteiger partial charge in [-0.3, -0.25) is 9.59 Å². The summed E-state index contributed by atoms with van der Waals surface area (Å²) < 4.78 is 5.67. The fourth-order valence-electron chi connectivity index (χ4n) is 3.20. The Morgan fingerprint density at radius 1 is 1.43 bits per heavy atom. The van der Waals surface area contributed by atoms with Gasteiger partial charge in [0.05, 0.1) is 6.10 Å². The molecule has 1 N–H and O–H groups in total. The summed E-state index contributed by atoms with van der Waals surface area (Å²) in [6.07, 6.45) is 3.39. The van der Waals surface area contributed by atoms with Crippen LogP contribution in [0.5, 0.6) is 0 Å². The smallest absolute Gasteiger partial charge is 0.246 e. The molecule has 0 radical (unpaired) electrons. The lowest BCUT2D eigenvalue weighted by Crippen LogP contribution is -2.70. The van der Waals surface area contributed by atoms with Crippen molar-refractivity contribution in [3.63, 3.8) is 0 Å². The molecule has 3 atom stereocenters. The number of nitrogens with zero attached hydrogens (tertiary/aromatic N) is 1. The zero-order valence-corrected chi connectivity index (χ0v) is 13.6. The molecular formula is C16H28N2O3. The molecule has 0 bridgehead atoms. The van der Waals surface area contributed by atoms with Gasteiger partial charge >= 0.3 is 0 Å². The Labute approximate surface area is 127 Å². The standard InChI is InChI=1S/C16H28N2O3/c1-5-16(4)15(20)17-13(9-11(2)3)14(19)18(16)10-12-7-6-8-21-12/h11-13H,5-10H2,1-4H3,(H,17,20). The molecule has 21 heavy (non-hydrogen) atoms. The molecule has 0 saturated carbocycles. The first-order chi connectivity index (χ1) is 9.88. The topological polar surface area (TPSA) is 58.6 Å². The van der Waals surface area contributed by atoms with Crippen LogP contribution in [0, 0.1) is 5.92 Å². The van der Waals surface area contributed by atoms with Gasteiger partial charge in [-0.05, 0) is 38.5 Å². The minimum absolute atomic E-state index is 0.0340. The molecule has 0 aromatic rings. The summed E-state index contributed by atoms with van der Waals surface area (Å²) >= 11 is 0. The van der Waals surface area contributed by atoms with Gasteiger partial charge in [-0.1, -0.05) is 20.8 Å². The van der Waals surface area contributed by atoms with E-state index in [9.17, 15) is 9.59 Å². The summed E-state index contributed by atoms with van der Waals surface area (Å²) in [7, 11) is 0. The second-order valence-corrected chi connectivity index (χ2v) is 6.87. The molecule has 2 aliphatic rings. The van der Waals surface area contributed by atoms with Gasteiger partial charge in [0, 0.05) is 13.2 Å². The number of ether oxygens (including phenoxy) is 1. The zero-order valence-electron chi connectivity index (χ0n) is 13.6. The van der Waals surface area contributed by atoms with E-state index < -0.39 is 11.6 Å². The van der Waals surface area contributed by atoms with E-state index in [2.05, 4.69) is 19.2 Å². The third kappa shape index (κ3) is 3.23. The van der Waals surface area contributed by atoms with Crippen LogP contribution in [0.2, 0.25) is 0 Å². The molecular weight excluding hydrogens is 268 g/mol. The molecule has 120 valence electrons. The van der Waals surface area contributed by atoms with Crippen LogP contribution in [0.4, 0.5) is 0 Å². The molecule has 0 aromatic heterocycles. The summed E-state index contributed by atoms with van der Waals surface area (Å²) in [6.45, 7) is 9.25. The maximum atomic E-state index is 12.8. The number of amides is 2. The van der Waals surface area contributed by atoms with Crippen LogP contribution >= 0.6 is 0 Å². The number of hydrogen-bond donors (Lipinski definition) is 1. The lowest BCUT2D eigenvalue weighted by Gasteiger charge is -2.47. The number of piperazine rings is 1. The van der Waals surface area contributed by atoms with Crippen molar-refractivity contribution >= 4 is 11.8 Å². The van der Waals surface area contributed by atoms with E-state index in [0.717, 1.165) is 19.4 Å². The van der Waals surface area contributed by atoms with Crippen molar-refractivity contribution in [2.45, 2.75) is 71.1 Å². The van der Waals surface area contributed by atoms with Crippen molar-refractivity contribution in [3.05, 3.63) is 0 Å². The van der Waals surface area contributed by atoms with E-state index in [1.165, 1.54) is 0 Å². The van der Waals surface area contributed by atoms with Crippen molar-refractivity contribution in [2.24, 2.45) is 5.92 Å². The zero-order chi connectivity index (χ0) is 15.6. The highest BCUT2D eigenvalue weighted by molar-refractivity contribution is 5.99. The first-order valence-electron chi connectivity index (χ1n) is 8.12. The third-order valence-corrected chi connectivity index (χ3v) is 4.76. The molecule has 2 amide bonds. The van der Waals surface area contributed by atoms with Crippen molar-refractivity contribution < 1.29 is 14.3 Å². The van der Waals surface area contributed by atoms with Gasteiger partial charge in [0.25, 0.3) is 0 Å². The van der Waals surface area contributed by atoms with Crippen LogP contribution in [-0.2, 0) is 14.3 Å². The predicted molar refractivity (Wildman–Crippen MR) is 80.8 cm³/mol. The lowest BCUT2D eigenvalue weighted by molar-refractivity contribution is -0.159. The summed E-state index contributed by atoms with van der Waals surface area (Å²) in [5, 5.41) is 2.92. The lowest BCUT2D eigenvalue weighted by atomic mass is 9.88. The van der Waals surface area contributed by atoms with Crippen molar-refractivity contribution in [2.75, 3.05) is 13.2 Å². The predicted octanol–water partition coefficient (Wildman–Crippen LogP) is 1.71. The molecule has 0 spiro atoms. The first kappa shape index (κ1) is 16.3. The molecule has 2 saturated heterocycles. The van der Waals surface area contributed by atoms with Gasteiger partial charge in [0.2, 0.25) is 11.8 Å². The highest BCUT2D eigenvalue weighted by Gasteiger charge is 2.48. The van der Waals surface area contributed by atoms with Crippen LogP contribution in [0.1, 0.15) is 53.4 Å². The largest absolute Gasteiger partial charge is 0.376 e. The van der Waals surface area contributed by atoms with Crippen molar-refractivity contribution in [1.29, 1.82) is 0 Å². The highest BCUT2D eigenvalue weighted by Crippen LogP contribution is 2.28. The second-order valence-electron chi connectivity index (χ2n) is 6.87.